The minimum absolute atomic E-state index is 0.0590. The van der Waals surface area contributed by atoms with Crippen LogP contribution in [0.5, 0.6) is 5.75 Å². The first-order valence-electron chi connectivity index (χ1n) is 9.23. The van der Waals surface area contributed by atoms with Crippen LogP contribution in [0.4, 0.5) is 0 Å². The van der Waals surface area contributed by atoms with Gasteiger partial charge in [-0.25, -0.2) is 4.98 Å². The maximum absolute atomic E-state index is 13.2. The van der Waals surface area contributed by atoms with Crippen LogP contribution in [-0.4, -0.2) is 15.8 Å². The van der Waals surface area contributed by atoms with Gasteiger partial charge < -0.3 is 14.1 Å². The summed E-state index contributed by atoms with van der Waals surface area (Å²) in [6.45, 7) is 1.32. The summed E-state index contributed by atoms with van der Waals surface area (Å²) in [5.41, 5.74) is 4.34. The van der Waals surface area contributed by atoms with E-state index in [-0.39, 0.29) is 5.91 Å². The number of hydrogen-bond donors (Lipinski definition) is 0. The van der Waals surface area contributed by atoms with Gasteiger partial charge in [0.05, 0.1) is 24.0 Å². The molecule has 4 rings (SSSR count). The molecular formula is C23H20N2O3S. The molecule has 0 unspecified atom stereocenters. The molecule has 0 aliphatic heterocycles. The van der Waals surface area contributed by atoms with E-state index in [4.69, 9.17) is 9.15 Å². The number of carbonyl (C=O) groups excluding carboxylic acids is 1. The highest BCUT2D eigenvalue weighted by molar-refractivity contribution is 7.07. The van der Waals surface area contributed by atoms with Gasteiger partial charge in [0.25, 0.3) is 5.91 Å². The van der Waals surface area contributed by atoms with Crippen molar-refractivity contribution in [3.05, 3.63) is 106 Å². The molecule has 2 heterocycles. The van der Waals surface area contributed by atoms with E-state index < -0.39 is 0 Å². The fourth-order valence-electron chi connectivity index (χ4n) is 2.94. The second kappa shape index (κ2) is 9.21. The van der Waals surface area contributed by atoms with Crippen LogP contribution in [-0.2, 0) is 19.7 Å². The third-order valence-electron chi connectivity index (χ3n) is 4.40. The third kappa shape index (κ3) is 5.12. The van der Waals surface area contributed by atoms with Crippen LogP contribution in [0.1, 0.15) is 27.4 Å². The zero-order valence-corrected chi connectivity index (χ0v) is 16.5. The minimum atomic E-state index is -0.0590. The van der Waals surface area contributed by atoms with Crippen LogP contribution < -0.4 is 4.74 Å². The predicted molar refractivity (Wildman–Crippen MR) is 112 cm³/mol. The molecule has 0 saturated carbocycles. The highest BCUT2D eigenvalue weighted by Crippen LogP contribution is 2.18. The molecule has 0 saturated heterocycles. The van der Waals surface area contributed by atoms with E-state index >= 15 is 0 Å². The van der Waals surface area contributed by atoms with Crippen LogP contribution in [0.2, 0.25) is 0 Å². The lowest BCUT2D eigenvalue weighted by Crippen LogP contribution is -2.30. The summed E-state index contributed by atoms with van der Waals surface area (Å²) >= 11 is 1.54. The van der Waals surface area contributed by atoms with Crippen molar-refractivity contribution in [3.8, 4) is 5.75 Å². The van der Waals surface area contributed by atoms with E-state index in [0.29, 0.717) is 31.0 Å². The average molecular weight is 404 g/mol. The summed E-state index contributed by atoms with van der Waals surface area (Å²) in [6.07, 6.45) is 1.62. The first-order valence-corrected chi connectivity index (χ1v) is 10.2. The quantitative estimate of drug-likeness (QED) is 0.407. The van der Waals surface area contributed by atoms with E-state index in [1.807, 2.05) is 60.0 Å². The fourth-order valence-corrected chi connectivity index (χ4v) is 3.48. The Morgan fingerprint density at radius 1 is 1.00 bits per heavy atom. The van der Waals surface area contributed by atoms with Crippen LogP contribution >= 0.6 is 11.3 Å². The molecule has 0 radical (unpaired) electrons. The molecule has 0 N–H and O–H groups in total. The van der Waals surface area contributed by atoms with Crippen LogP contribution in [0, 0.1) is 0 Å². The molecule has 2 aromatic heterocycles. The van der Waals surface area contributed by atoms with Gasteiger partial charge >= 0.3 is 0 Å². The lowest BCUT2D eigenvalue weighted by Gasteiger charge is -2.22. The molecule has 29 heavy (non-hydrogen) atoms. The molecule has 0 spiro atoms. The van der Waals surface area contributed by atoms with E-state index in [2.05, 4.69) is 4.98 Å². The number of amides is 1. The molecule has 2 aromatic carbocycles. The molecule has 1 amide bonds. The number of aromatic nitrogens is 1. The lowest BCUT2D eigenvalue weighted by molar-refractivity contribution is 0.0717. The van der Waals surface area contributed by atoms with Crippen molar-refractivity contribution >= 4 is 17.2 Å². The summed E-state index contributed by atoms with van der Waals surface area (Å²) in [6, 6.07) is 20.8. The standard InChI is InChI=1S/C23H20N2O3S/c26-23(19-8-10-21(11-9-19)28-15-20-16-29-17-24-20)25(14-22-7-4-12-27-22)13-18-5-2-1-3-6-18/h1-12,16-17H,13-15H2. The van der Waals surface area contributed by atoms with Gasteiger partial charge in [-0.1, -0.05) is 30.3 Å². The Kier molecular flexibility index (Phi) is 6.02. The molecule has 146 valence electrons. The maximum Gasteiger partial charge on any atom is 0.254 e. The van der Waals surface area contributed by atoms with Gasteiger partial charge in [0.15, 0.2) is 0 Å². The molecule has 0 aliphatic carbocycles. The first kappa shape index (κ1) is 19.0. The largest absolute Gasteiger partial charge is 0.487 e. The average Bonchev–Trinajstić information content (AvgIpc) is 3.47. The number of thiazole rings is 1. The summed E-state index contributed by atoms with van der Waals surface area (Å²) in [7, 11) is 0. The van der Waals surface area contributed by atoms with E-state index in [9.17, 15) is 4.79 Å². The minimum Gasteiger partial charge on any atom is -0.487 e. The number of hydrogen-bond acceptors (Lipinski definition) is 5. The molecular weight excluding hydrogens is 384 g/mol. The molecule has 0 bridgehead atoms. The number of benzene rings is 2. The fraction of sp³-hybridized carbons (Fsp3) is 0.130. The molecule has 4 aromatic rings. The first-order chi connectivity index (χ1) is 14.3. The third-order valence-corrected chi connectivity index (χ3v) is 5.04. The van der Waals surface area contributed by atoms with Crippen molar-refractivity contribution < 1.29 is 13.9 Å². The van der Waals surface area contributed by atoms with E-state index in [1.165, 1.54) is 11.3 Å². The van der Waals surface area contributed by atoms with Gasteiger partial charge in [-0.3, -0.25) is 4.79 Å². The monoisotopic (exact) mass is 404 g/mol. The van der Waals surface area contributed by atoms with Crippen LogP contribution in [0.15, 0.2) is 88.3 Å². The second-order valence-corrected chi connectivity index (χ2v) is 7.24. The maximum atomic E-state index is 13.2. The predicted octanol–water partition coefficient (Wildman–Crippen LogP) is 5.16. The van der Waals surface area contributed by atoms with Crippen molar-refractivity contribution in [1.29, 1.82) is 0 Å². The lowest BCUT2D eigenvalue weighted by atomic mass is 10.1. The second-order valence-electron chi connectivity index (χ2n) is 6.52. The SMILES string of the molecule is O=C(c1ccc(OCc2cscn2)cc1)N(Cc1ccccc1)Cc1ccco1. The summed E-state index contributed by atoms with van der Waals surface area (Å²) in [5, 5.41) is 1.95. The van der Waals surface area contributed by atoms with Crippen molar-refractivity contribution in [2.24, 2.45) is 0 Å². The zero-order chi connectivity index (χ0) is 19.9. The van der Waals surface area contributed by atoms with Gasteiger partial charge in [0.2, 0.25) is 0 Å². The van der Waals surface area contributed by atoms with Crippen molar-refractivity contribution in [2.45, 2.75) is 19.7 Å². The highest BCUT2D eigenvalue weighted by atomic mass is 32.1. The molecule has 5 nitrogen and oxygen atoms in total. The number of nitrogens with zero attached hydrogens (tertiary/aromatic N) is 2. The zero-order valence-electron chi connectivity index (χ0n) is 15.7. The Bertz CT molecular complexity index is 1010. The Balaban J connectivity index is 1.47. The van der Waals surface area contributed by atoms with Crippen LogP contribution in [0.3, 0.4) is 0 Å². The van der Waals surface area contributed by atoms with Crippen molar-refractivity contribution in [1.82, 2.24) is 9.88 Å². The summed E-state index contributed by atoms with van der Waals surface area (Å²) in [4.78, 5) is 19.1. The van der Waals surface area contributed by atoms with Crippen molar-refractivity contribution in [3.63, 3.8) is 0 Å². The number of rotatable bonds is 8. The van der Waals surface area contributed by atoms with Crippen molar-refractivity contribution in [2.75, 3.05) is 0 Å². The van der Waals surface area contributed by atoms with Gasteiger partial charge in [-0.05, 0) is 42.0 Å². The smallest absolute Gasteiger partial charge is 0.254 e. The van der Waals surface area contributed by atoms with Gasteiger partial charge in [0, 0.05) is 17.5 Å². The van der Waals surface area contributed by atoms with Gasteiger partial charge in [-0.2, -0.15) is 0 Å². The number of ether oxygens (including phenoxy) is 1. The van der Waals surface area contributed by atoms with Crippen LogP contribution in [0.25, 0.3) is 0 Å². The van der Waals surface area contributed by atoms with E-state index in [1.54, 1.807) is 28.8 Å². The molecule has 6 heteroatoms. The summed E-state index contributed by atoms with van der Waals surface area (Å²) < 4.78 is 11.2. The number of furan rings is 1. The Labute approximate surface area is 173 Å². The Morgan fingerprint density at radius 3 is 2.52 bits per heavy atom. The Morgan fingerprint density at radius 2 is 1.83 bits per heavy atom. The molecule has 0 atom stereocenters. The topological polar surface area (TPSA) is 55.6 Å². The normalized spacial score (nSPS) is 10.6. The number of carbonyl (C=O) groups is 1. The molecule has 0 fully saturated rings. The highest BCUT2D eigenvalue weighted by Gasteiger charge is 2.18. The summed E-state index contributed by atoms with van der Waals surface area (Å²) in [5.74, 6) is 1.39. The molecule has 0 aliphatic rings. The van der Waals surface area contributed by atoms with Gasteiger partial charge in [-0.15, -0.1) is 11.3 Å². The van der Waals surface area contributed by atoms with E-state index in [0.717, 1.165) is 17.0 Å². The van der Waals surface area contributed by atoms with Gasteiger partial charge in [0.1, 0.15) is 18.1 Å². The Hall–Kier alpha value is -3.38.